The molecule has 0 radical (unpaired) electrons. The number of hydrogen-bond acceptors (Lipinski definition) is 4. The van der Waals surface area contributed by atoms with E-state index in [1.165, 1.54) is 17.0 Å². The summed E-state index contributed by atoms with van der Waals surface area (Å²) in [6.07, 6.45) is 1.23. The number of phenolic OH excluding ortho intramolecular Hbond substituents is 1. The molecule has 0 aliphatic carbocycles. The fourth-order valence-electron chi connectivity index (χ4n) is 1.52. The van der Waals surface area contributed by atoms with E-state index in [-0.39, 0.29) is 39.8 Å². The van der Waals surface area contributed by atoms with Crippen LogP contribution in [-0.4, -0.2) is 26.4 Å². The number of fused-ring (bicyclic) bond motifs is 1. The quantitative estimate of drug-likeness (QED) is 0.868. The minimum Gasteiger partial charge on any atom is -0.504 e. The van der Waals surface area contributed by atoms with E-state index in [4.69, 9.17) is 28.3 Å². The first-order valence-corrected chi connectivity index (χ1v) is 5.49. The van der Waals surface area contributed by atoms with Gasteiger partial charge in [0.1, 0.15) is 5.52 Å². The first-order chi connectivity index (χ1) is 8.06. The molecule has 0 bridgehead atoms. The lowest BCUT2D eigenvalue weighted by molar-refractivity contribution is 0.274. The van der Waals surface area contributed by atoms with Gasteiger partial charge in [-0.15, -0.1) is 0 Å². The summed E-state index contributed by atoms with van der Waals surface area (Å²) in [6, 6.07) is 1.28. The van der Waals surface area contributed by atoms with Crippen molar-refractivity contribution in [3.63, 3.8) is 0 Å². The van der Waals surface area contributed by atoms with Gasteiger partial charge in [-0.2, -0.15) is 0 Å². The predicted octanol–water partition coefficient (Wildman–Crippen LogP) is 1.40. The van der Waals surface area contributed by atoms with Gasteiger partial charge in [0.2, 0.25) is 0 Å². The van der Waals surface area contributed by atoms with Crippen LogP contribution in [-0.2, 0) is 6.54 Å². The molecule has 1 heterocycles. The molecule has 2 aromatic rings. The predicted molar refractivity (Wildman–Crippen MR) is 64.8 cm³/mol. The Hall–Kier alpha value is -1.30. The highest BCUT2D eigenvalue weighted by molar-refractivity contribution is 6.39. The molecule has 0 atom stereocenters. The Morgan fingerprint density at radius 1 is 1.35 bits per heavy atom. The number of nitrogens with zero attached hydrogens (tertiary/aromatic N) is 2. The van der Waals surface area contributed by atoms with Crippen LogP contribution in [0.25, 0.3) is 10.9 Å². The van der Waals surface area contributed by atoms with Crippen molar-refractivity contribution in [3.05, 3.63) is 32.8 Å². The van der Waals surface area contributed by atoms with Crippen LogP contribution in [0.5, 0.6) is 5.75 Å². The molecule has 5 nitrogen and oxygen atoms in total. The topological polar surface area (TPSA) is 75.3 Å². The van der Waals surface area contributed by atoms with Crippen LogP contribution in [0, 0.1) is 0 Å². The van der Waals surface area contributed by atoms with E-state index in [0.717, 1.165) is 0 Å². The largest absolute Gasteiger partial charge is 0.504 e. The summed E-state index contributed by atoms with van der Waals surface area (Å²) < 4.78 is 1.21. The number of halogens is 2. The molecule has 7 heteroatoms. The average molecular weight is 275 g/mol. The lowest BCUT2D eigenvalue weighted by Gasteiger charge is -2.07. The van der Waals surface area contributed by atoms with Gasteiger partial charge in [-0.25, -0.2) is 4.98 Å². The highest BCUT2D eigenvalue weighted by atomic mass is 35.5. The Labute approximate surface area is 106 Å². The second-order valence-corrected chi connectivity index (χ2v) is 4.19. The maximum absolute atomic E-state index is 12.0. The van der Waals surface area contributed by atoms with Crippen molar-refractivity contribution in [2.75, 3.05) is 6.61 Å². The summed E-state index contributed by atoms with van der Waals surface area (Å²) in [4.78, 5) is 15.9. The highest BCUT2D eigenvalue weighted by Crippen LogP contribution is 2.34. The third kappa shape index (κ3) is 1.97. The molecule has 90 valence electrons. The van der Waals surface area contributed by atoms with Crippen molar-refractivity contribution < 1.29 is 10.2 Å². The van der Waals surface area contributed by atoms with E-state index in [2.05, 4.69) is 4.98 Å². The van der Waals surface area contributed by atoms with Crippen molar-refractivity contribution in [2.24, 2.45) is 0 Å². The Morgan fingerprint density at radius 2 is 2.06 bits per heavy atom. The van der Waals surface area contributed by atoms with Crippen LogP contribution >= 0.6 is 23.2 Å². The molecule has 2 rings (SSSR count). The zero-order chi connectivity index (χ0) is 12.6. The first kappa shape index (κ1) is 12.2. The number of hydrogen-bond donors (Lipinski definition) is 2. The van der Waals surface area contributed by atoms with Gasteiger partial charge in [-0.1, -0.05) is 23.2 Å². The minimum absolute atomic E-state index is 0.0364. The van der Waals surface area contributed by atoms with E-state index >= 15 is 0 Å². The van der Waals surface area contributed by atoms with Crippen molar-refractivity contribution in [3.8, 4) is 5.75 Å². The summed E-state index contributed by atoms with van der Waals surface area (Å²) in [6.45, 7) is -0.0776. The third-order valence-electron chi connectivity index (χ3n) is 2.32. The fourth-order valence-corrected chi connectivity index (χ4v) is 2.05. The first-order valence-electron chi connectivity index (χ1n) is 4.73. The van der Waals surface area contributed by atoms with Crippen LogP contribution in [0.15, 0.2) is 17.2 Å². The van der Waals surface area contributed by atoms with Crippen molar-refractivity contribution in [1.29, 1.82) is 0 Å². The van der Waals surface area contributed by atoms with Gasteiger partial charge in [0.05, 0.1) is 34.9 Å². The molecule has 0 saturated heterocycles. The van der Waals surface area contributed by atoms with Crippen LogP contribution in [0.1, 0.15) is 0 Å². The Bertz CT molecular complexity index is 639. The lowest BCUT2D eigenvalue weighted by Crippen LogP contribution is -2.22. The van der Waals surface area contributed by atoms with E-state index in [1.807, 2.05) is 0 Å². The Kier molecular flexibility index (Phi) is 3.24. The summed E-state index contributed by atoms with van der Waals surface area (Å²) in [7, 11) is 0. The Morgan fingerprint density at radius 3 is 2.71 bits per heavy atom. The van der Waals surface area contributed by atoms with Gasteiger partial charge < -0.3 is 10.2 Å². The van der Waals surface area contributed by atoms with Gasteiger partial charge in [0.15, 0.2) is 5.75 Å². The van der Waals surface area contributed by atoms with Gasteiger partial charge in [-0.05, 0) is 6.07 Å². The van der Waals surface area contributed by atoms with Gasteiger partial charge >= 0.3 is 0 Å². The van der Waals surface area contributed by atoms with Gasteiger partial charge in [0, 0.05) is 0 Å². The average Bonchev–Trinajstić information content (AvgIpc) is 2.29. The summed E-state index contributed by atoms with van der Waals surface area (Å²) in [5, 5.41) is 18.7. The third-order valence-corrected chi connectivity index (χ3v) is 2.91. The molecule has 2 N–H and O–H groups in total. The number of rotatable bonds is 2. The molecule has 0 spiro atoms. The van der Waals surface area contributed by atoms with E-state index < -0.39 is 5.56 Å². The number of benzene rings is 1. The van der Waals surface area contributed by atoms with Gasteiger partial charge in [0.25, 0.3) is 5.56 Å². The molecule has 0 amide bonds. The Balaban J connectivity index is 2.87. The SMILES string of the molecule is O=c1c2c(Cl)cc(Cl)c(O)c2ncn1CCO. The zero-order valence-corrected chi connectivity index (χ0v) is 10.0. The number of aliphatic hydroxyl groups is 1. The monoisotopic (exact) mass is 274 g/mol. The maximum atomic E-state index is 12.0. The van der Waals surface area contributed by atoms with E-state index in [9.17, 15) is 9.90 Å². The number of aliphatic hydroxyl groups excluding tert-OH is 1. The van der Waals surface area contributed by atoms with Crippen LogP contribution in [0.3, 0.4) is 0 Å². The molecule has 0 unspecified atom stereocenters. The summed E-state index contributed by atoms with van der Waals surface area (Å²) in [5.74, 6) is -0.278. The second kappa shape index (κ2) is 4.52. The molecule has 0 fully saturated rings. The number of aromatic hydroxyl groups is 1. The van der Waals surface area contributed by atoms with Crippen molar-refractivity contribution in [2.45, 2.75) is 6.54 Å². The van der Waals surface area contributed by atoms with Crippen molar-refractivity contribution in [1.82, 2.24) is 9.55 Å². The molecule has 0 aliphatic heterocycles. The van der Waals surface area contributed by atoms with Crippen LogP contribution in [0.2, 0.25) is 10.0 Å². The highest BCUT2D eigenvalue weighted by Gasteiger charge is 2.14. The normalized spacial score (nSPS) is 11.0. The summed E-state index contributed by atoms with van der Waals surface area (Å²) in [5.41, 5.74) is -0.372. The molecule has 1 aromatic heterocycles. The molecule has 0 saturated carbocycles. The number of phenols is 1. The molecule has 0 aliphatic rings. The zero-order valence-electron chi connectivity index (χ0n) is 8.52. The second-order valence-electron chi connectivity index (χ2n) is 3.38. The summed E-state index contributed by atoms with van der Waals surface area (Å²) >= 11 is 11.6. The van der Waals surface area contributed by atoms with Crippen molar-refractivity contribution >= 4 is 34.1 Å². The van der Waals surface area contributed by atoms with E-state index in [0.29, 0.717) is 0 Å². The maximum Gasteiger partial charge on any atom is 0.262 e. The van der Waals surface area contributed by atoms with Gasteiger partial charge in [-0.3, -0.25) is 9.36 Å². The number of aromatic nitrogens is 2. The lowest BCUT2D eigenvalue weighted by atomic mass is 10.2. The van der Waals surface area contributed by atoms with Crippen LogP contribution in [0.4, 0.5) is 0 Å². The van der Waals surface area contributed by atoms with Crippen LogP contribution < -0.4 is 5.56 Å². The van der Waals surface area contributed by atoms with E-state index in [1.54, 1.807) is 0 Å². The fraction of sp³-hybridized carbons (Fsp3) is 0.200. The molecular formula is C10H8Cl2N2O3. The molecular weight excluding hydrogens is 267 g/mol. The smallest absolute Gasteiger partial charge is 0.262 e. The molecule has 1 aromatic carbocycles. The minimum atomic E-state index is -0.430. The standard InChI is InChI=1S/C10H8Cl2N2O3/c11-5-3-6(12)9(16)8-7(5)10(17)14(1-2-15)4-13-8/h3-4,15-16H,1-2H2. The molecule has 17 heavy (non-hydrogen) atoms.